The zero-order chi connectivity index (χ0) is 21.3. The van der Waals surface area contributed by atoms with Crippen LogP contribution in [0.2, 0.25) is 0 Å². The van der Waals surface area contributed by atoms with E-state index in [0.717, 1.165) is 6.07 Å². The lowest BCUT2D eigenvalue weighted by Gasteiger charge is -2.27. The van der Waals surface area contributed by atoms with Crippen molar-refractivity contribution < 1.29 is 34.4 Å². The van der Waals surface area contributed by atoms with E-state index in [0.29, 0.717) is 5.56 Å². The van der Waals surface area contributed by atoms with Crippen LogP contribution in [0.15, 0.2) is 48.0 Å². The maximum atomic E-state index is 12.5. The van der Waals surface area contributed by atoms with E-state index >= 15 is 0 Å². The maximum absolute atomic E-state index is 12.5. The van der Waals surface area contributed by atoms with Gasteiger partial charge in [-0.1, -0.05) is 38.1 Å². The monoisotopic (exact) mass is 396 g/mol. The van der Waals surface area contributed by atoms with E-state index < -0.39 is 23.0 Å². The fourth-order valence-corrected chi connectivity index (χ4v) is 3.14. The molecule has 0 saturated heterocycles. The Kier molecular flexibility index (Phi) is 5.16. The average Bonchev–Trinajstić information content (AvgIpc) is 2.69. The molecule has 1 aliphatic rings. The number of esters is 1. The molecule has 0 fully saturated rings. The standard InChI is InChI=1S/C22H20O7/c1-22(2,11-29-21(28)15-9-12(23)7-8-17(15)24)10-16-18(25)13-5-3-4-6-14(13)19(26)20(16)27/h3-9,23-25H,10-11H2,1-2H3. The Balaban J connectivity index is 1.78. The summed E-state index contributed by atoms with van der Waals surface area (Å²) in [5.74, 6) is -3.11. The van der Waals surface area contributed by atoms with Crippen LogP contribution in [-0.4, -0.2) is 39.5 Å². The molecule has 7 nitrogen and oxygen atoms in total. The van der Waals surface area contributed by atoms with E-state index in [1.165, 1.54) is 18.2 Å². The topological polar surface area (TPSA) is 121 Å². The third kappa shape index (κ3) is 3.99. The zero-order valence-corrected chi connectivity index (χ0v) is 15.9. The molecule has 29 heavy (non-hydrogen) atoms. The summed E-state index contributed by atoms with van der Waals surface area (Å²) in [5, 5.41) is 29.8. The molecule has 0 bridgehead atoms. The number of rotatable bonds is 5. The number of phenolic OH excluding ortho intramolecular Hbond substituents is 2. The fraction of sp³-hybridized carbons (Fsp3) is 0.227. The van der Waals surface area contributed by atoms with Crippen LogP contribution >= 0.6 is 0 Å². The van der Waals surface area contributed by atoms with Gasteiger partial charge in [0.1, 0.15) is 22.8 Å². The largest absolute Gasteiger partial charge is 0.508 e. The predicted molar refractivity (Wildman–Crippen MR) is 104 cm³/mol. The van der Waals surface area contributed by atoms with Crippen molar-refractivity contribution in [2.75, 3.05) is 6.61 Å². The zero-order valence-electron chi connectivity index (χ0n) is 15.9. The van der Waals surface area contributed by atoms with Gasteiger partial charge in [0.25, 0.3) is 0 Å². The smallest absolute Gasteiger partial charge is 0.342 e. The number of hydrogen-bond donors (Lipinski definition) is 3. The summed E-state index contributed by atoms with van der Waals surface area (Å²) < 4.78 is 5.23. The van der Waals surface area contributed by atoms with Crippen molar-refractivity contribution in [2.24, 2.45) is 5.41 Å². The van der Waals surface area contributed by atoms with Crippen LogP contribution in [0.5, 0.6) is 11.5 Å². The van der Waals surface area contributed by atoms with Gasteiger partial charge in [0.05, 0.1) is 6.61 Å². The molecule has 0 aliphatic heterocycles. The molecule has 0 aromatic heterocycles. The number of benzene rings is 2. The molecule has 0 atom stereocenters. The Bertz CT molecular complexity index is 1050. The normalized spacial score (nSPS) is 14.0. The number of phenols is 2. The van der Waals surface area contributed by atoms with Crippen LogP contribution in [-0.2, 0) is 9.53 Å². The molecular formula is C22H20O7. The van der Waals surface area contributed by atoms with Crippen LogP contribution in [0.3, 0.4) is 0 Å². The first-order chi connectivity index (χ1) is 13.6. The minimum absolute atomic E-state index is 0.00293. The number of ether oxygens (including phenoxy) is 1. The van der Waals surface area contributed by atoms with Crippen molar-refractivity contribution in [3.05, 3.63) is 64.7 Å². The van der Waals surface area contributed by atoms with Crippen molar-refractivity contribution in [3.63, 3.8) is 0 Å². The van der Waals surface area contributed by atoms with Crippen molar-refractivity contribution in [1.82, 2.24) is 0 Å². The second-order valence-corrected chi connectivity index (χ2v) is 7.65. The number of carbonyl (C=O) groups is 3. The van der Waals surface area contributed by atoms with Crippen molar-refractivity contribution in [1.29, 1.82) is 0 Å². The van der Waals surface area contributed by atoms with Crippen LogP contribution in [0.4, 0.5) is 0 Å². The van der Waals surface area contributed by atoms with Gasteiger partial charge in [-0.3, -0.25) is 9.59 Å². The minimum atomic E-state index is -0.846. The number of hydrogen-bond acceptors (Lipinski definition) is 7. The highest BCUT2D eigenvalue weighted by atomic mass is 16.5. The third-order valence-corrected chi connectivity index (χ3v) is 4.64. The Morgan fingerprint density at radius 1 is 0.966 bits per heavy atom. The van der Waals surface area contributed by atoms with E-state index in [1.807, 2.05) is 0 Å². The number of allylic oxidation sites excluding steroid dienone is 1. The molecule has 2 aromatic rings. The summed E-state index contributed by atoms with van der Waals surface area (Å²) in [6.45, 7) is 3.27. The van der Waals surface area contributed by atoms with Crippen LogP contribution in [0.25, 0.3) is 5.76 Å². The lowest BCUT2D eigenvalue weighted by molar-refractivity contribution is -0.112. The third-order valence-electron chi connectivity index (χ3n) is 4.64. The summed E-state index contributed by atoms with van der Waals surface area (Å²) in [6, 6.07) is 9.80. The van der Waals surface area contributed by atoms with Crippen molar-refractivity contribution in [3.8, 4) is 11.5 Å². The number of aliphatic hydroxyl groups excluding tert-OH is 1. The number of fused-ring (bicyclic) bond motifs is 1. The molecule has 2 aromatic carbocycles. The number of aromatic hydroxyl groups is 2. The lowest BCUT2D eigenvalue weighted by atomic mass is 9.79. The summed E-state index contributed by atoms with van der Waals surface area (Å²) in [4.78, 5) is 37.1. The predicted octanol–water partition coefficient (Wildman–Crippen LogP) is 3.41. The van der Waals surface area contributed by atoms with Crippen LogP contribution in [0.1, 0.15) is 46.5 Å². The molecule has 3 rings (SSSR count). The van der Waals surface area contributed by atoms with E-state index in [1.54, 1.807) is 32.0 Å². The van der Waals surface area contributed by atoms with Crippen molar-refractivity contribution >= 4 is 23.3 Å². The van der Waals surface area contributed by atoms with Gasteiger partial charge in [0, 0.05) is 22.1 Å². The van der Waals surface area contributed by atoms with Gasteiger partial charge in [-0.2, -0.15) is 0 Å². The van der Waals surface area contributed by atoms with Gasteiger partial charge < -0.3 is 20.1 Å². The fourth-order valence-electron chi connectivity index (χ4n) is 3.14. The highest BCUT2D eigenvalue weighted by molar-refractivity contribution is 6.52. The van der Waals surface area contributed by atoms with Crippen molar-refractivity contribution in [2.45, 2.75) is 20.3 Å². The molecule has 3 N–H and O–H groups in total. The maximum Gasteiger partial charge on any atom is 0.342 e. The summed E-state index contributed by atoms with van der Waals surface area (Å²) in [7, 11) is 0. The van der Waals surface area contributed by atoms with Gasteiger partial charge >= 0.3 is 5.97 Å². The Morgan fingerprint density at radius 2 is 1.62 bits per heavy atom. The minimum Gasteiger partial charge on any atom is -0.508 e. The highest BCUT2D eigenvalue weighted by Gasteiger charge is 2.36. The number of Topliss-reactive ketones (excluding diaryl/α,β-unsaturated/α-hetero) is 2. The molecule has 1 aliphatic carbocycles. The molecular weight excluding hydrogens is 376 g/mol. The van der Waals surface area contributed by atoms with Crippen LogP contribution < -0.4 is 0 Å². The average molecular weight is 396 g/mol. The SMILES string of the molecule is CC(C)(COC(=O)c1cc(O)ccc1O)CC1=C(O)c2ccccc2C(=O)C1=O. The molecule has 0 heterocycles. The molecule has 0 radical (unpaired) electrons. The van der Waals surface area contributed by atoms with E-state index in [-0.39, 0.29) is 47.0 Å². The summed E-state index contributed by atoms with van der Waals surface area (Å²) >= 11 is 0. The van der Waals surface area contributed by atoms with E-state index in [9.17, 15) is 29.7 Å². The summed E-state index contributed by atoms with van der Waals surface area (Å²) in [6.07, 6.45) is -0.00293. The highest BCUT2D eigenvalue weighted by Crippen LogP contribution is 2.35. The first-order valence-electron chi connectivity index (χ1n) is 8.90. The Morgan fingerprint density at radius 3 is 2.31 bits per heavy atom. The number of carbonyl (C=O) groups excluding carboxylic acids is 3. The Labute approximate surface area is 166 Å². The number of aliphatic hydroxyl groups is 1. The Hall–Kier alpha value is -3.61. The van der Waals surface area contributed by atoms with Gasteiger partial charge in [0.15, 0.2) is 0 Å². The van der Waals surface area contributed by atoms with Gasteiger partial charge in [-0.25, -0.2) is 4.79 Å². The lowest BCUT2D eigenvalue weighted by Crippen LogP contribution is -2.29. The second-order valence-electron chi connectivity index (χ2n) is 7.65. The second kappa shape index (κ2) is 7.43. The van der Waals surface area contributed by atoms with E-state index in [4.69, 9.17) is 4.74 Å². The molecule has 7 heteroatoms. The van der Waals surface area contributed by atoms with Gasteiger partial charge in [-0.15, -0.1) is 0 Å². The van der Waals surface area contributed by atoms with Gasteiger partial charge in [0.2, 0.25) is 11.6 Å². The molecule has 0 unspecified atom stereocenters. The summed E-state index contributed by atoms with van der Waals surface area (Å²) in [5.41, 5.74) is -0.573. The molecule has 0 spiro atoms. The van der Waals surface area contributed by atoms with E-state index in [2.05, 4.69) is 0 Å². The van der Waals surface area contributed by atoms with Crippen LogP contribution in [0, 0.1) is 5.41 Å². The molecule has 0 saturated carbocycles. The first kappa shape index (κ1) is 20.1. The quantitative estimate of drug-likeness (QED) is 0.402. The number of ketones is 2. The molecule has 150 valence electrons. The first-order valence-corrected chi connectivity index (χ1v) is 8.90. The van der Waals surface area contributed by atoms with Gasteiger partial charge in [-0.05, 0) is 24.6 Å². The molecule has 0 amide bonds.